The molecule has 16 heteroatoms. The highest BCUT2D eigenvalue weighted by molar-refractivity contribution is 5.97. The first kappa shape index (κ1) is 35.7. The van der Waals surface area contributed by atoms with Crippen molar-refractivity contribution in [2.75, 3.05) is 26.2 Å². The van der Waals surface area contributed by atoms with Gasteiger partial charge in [-0.05, 0) is 69.6 Å². The summed E-state index contributed by atoms with van der Waals surface area (Å²) in [6.07, 6.45) is 2.89. The molecule has 0 saturated carbocycles. The number of benzene rings is 1. The van der Waals surface area contributed by atoms with E-state index in [1.165, 1.54) is 21.6 Å². The van der Waals surface area contributed by atoms with Crippen molar-refractivity contribution in [2.24, 2.45) is 0 Å². The number of ether oxygens (including phenoxy) is 1. The maximum Gasteiger partial charge on any atom is 0.328 e. The van der Waals surface area contributed by atoms with E-state index >= 15 is 0 Å². The first-order valence-corrected chi connectivity index (χ1v) is 16.7. The van der Waals surface area contributed by atoms with Crippen molar-refractivity contribution in [2.45, 2.75) is 101 Å². The van der Waals surface area contributed by atoms with Gasteiger partial charge < -0.3 is 35.4 Å². The number of piperidine rings is 1. The Kier molecular flexibility index (Phi) is 11.1. The van der Waals surface area contributed by atoms with E-state index in [0.29, 0.717) is 44.6 Å². The molecule has 1 aromatic rings. The van der Waals surface area contributed by atoms with Crippen LogP contribution in [0.2, 0.25) is 0 Å². The van der Waals surface area contributed by atoms with Crippen LogP contribution in [0.15, 0.2) is 18.2 Å². The Balaban J connectivity index is 1.46. The number of carbonyl (C=O) groups is 7. The van der Waals surface area contributed by atoms with Gasteiger partial charge in [0.1, 0.15) is 54.5 Å². The highest BCUT2D eigenvalue weighted by Crippen LogP contribution is 2.26. The zero-order valence-corrected chi connectivity index (χ0v) is 27.5. The molecule has 4 saturated heterocycles. The van der Waals surface area contributed by atoms with Crippen LogP contribution < -0.4 is 16.0 Å². The van der Waals surface area contributed by atoms with E-state index in [4.69, 9.17) is 4.74 Å². The largest absolute Gasteiger partial charge is 0.461 e. The van der Waals surface area contributed by atoms with E-state index in [1.54, 1.807) is 0 Å². The van der Waals surface area contributed by atoms with Gasteiger partial charge in [-0.3, -0.25) is 28.8 Å². The molecule has 14 nitrogen and oxygen atoms in total. The Morgan fingerprint density at radius 3 is 2.10 bits per heavy atom. The molecular weight excluding hydrogens is 646 g/mol. The lowest BCUT2D eigenvalue weighted by Gasteiger charge is -2.39. The van der Waals surface area contributed by atoms with Crippen LogP contribution in [0.3, 0.4) is 0 Å². The number of fused-ring (bicyclic) bond motifs is 3. The lowest BCUT2D eigenvalue weighted by molar-refractivity contribution is -0.158. The van der Waals surface area contributed by atoms with Gasteiger partial charge >= 0.3 is 5.97 Å². The number of nitrogens with one attached hydrogen (secondary N) is 3. The maximum atomic E-state index is 14.2. The quantitative estimate of drug-likeness (QED) is 0.361. The molecule has 4 fully saturated rings. The second-order valence-corrected chi connectivity index (χ2v) is 13.1. The predicted molar refractivity (Wildman–Crippen MR) is 167 cm³/mol. The molecule has 1 aromatic carbocycles. The molecule has 0 radical (unpaired) electrons. The minimum absolute atomic E-state index is 0.0627. The molecular formula is C33H42F2N6O8. The first-order chi connectivity index (χ1) is 23.3. The Bertz CT molecular complexity index is 1490. The lowest BCUT2D eigenvalue weighted by Crippen LogP contribution is -2.62. The number of esters is 1. The molecule has 4 heterocycles. The van der Waals surface area contributed by atoms with Gasteiger partial charge in [-0.2, -0.15) is 0 Å². The fourth-order valence-electron chi connectivity index (χ4n) is 7.17. The summed E-state index contributed by atoms with van der Waals surface area (Å²) < 4.78 is 33.4. The zero-order valence-electron chi connectivity index (χ0n) is 27.5. The van der Waals surface area contributed by atoms with E-state index in [1.807, 2.05) is 0 Å². The van der Waals surface area contributed by atoms with Crippen molar-refractivity contribution < 1.29 is 47.1 Å². The molecule has 0 aliphatic carbocycles. The minimum atomic E-state index is -1.52. The highest BCUT2D eigenvalue weighted by atomic mass is 19.1. The van der Waals surface area contributed by atoms with Gasteiger partial charge in [-0.1, -0.05) is 0 Å². The minimum Gasteiger partial charge on any atom is -0.461 e. The number of nitrogens with zero attached hydrogens (tertiary/aromatic N) is 3. The smallest absolute Gasteiger partial charge is 0.328 e. The number of rotatable bonds is 5. The predicted octanol–water partition coefficient (Wildman–Crippen LogP) is -0.0786. The molecule has 0 unspecified atom stereocenters. The van der Waals surface area contributed by atoms with Gasteiger partial charge in [-0.15, -0.1) is 0 Å². The number of carbonyl (C=O) groups excluding carboxylic acids is 7. The summed E-state index contributed by atoms with van der Waals surface area (Å²) in [6.45, 7) is 2.68. The van der Waals surface area contributed by atoms with Gasteiger partial charge in [0.05, 0.1) is 0 Å². The number of amides is 6. The summed E-state index contributed by atoms with van der Waals surface area (Å²) in [5.74, 6) is -6.28. The molecule has 0 bridgehead atoms. The summed E-state index contributed by atoms with van der Waals surface area (Å²) in [5, 5.41) is 7.69. The average Bonchev–Trinajstić information content (AvgIpc) is 3.75. The van der Waals surface area contributed by atoms with Crippen molar-refractivity contribution in [3.63, 3.8) is 0 Å². The van der Waals surface area contributed by atoms with Crippen LogP contribution in [0.5, 0.6) is 0 Å². The summed E-state index contributed by atoms with van der Waals surface area (Å²) in [4.78, 5) is 98.2. The van der Waals surface area contributed by atoms with Crippen LogP contribution in [0.1, 0.15) is 64.4 Å². The third-order valence-corrected chi connectivity index (χ3v) is 9.51. The summed E-state index contributed by atoms with van der Waals surface area (Å²) >= 11 is 0. The van der Waals surface area contributed by atoms with E-state index in [-0.39, 0.29) is 38.0 Å². The number of hydrogen-bond acceptors (Lipinski definition) is 8. The van der Waals surface area contributed by atoms with E-state index < -0.39 is 95.9 Å². The Morgan fingerprint density at radius 2 is 1.43 bits per heavy atom. The zero-order chi connectivity index (χ0) is 35.4. The van der Waals surface area contributed by atoms with Crippen LogP contribution in [0, 0.1) is 11.6 Å². The second kappa shape index (κ2) is 15.3. The summed E-state index contributed by atoms with van der Waals surface area (Å²) in [6, 6.07) is -4.02. The number of halogens is 2. The molecule has 49 heavy (non-hydrogen) atoms. The normalized spacial score (nSPS) is 27.5. The standard InChI is InChI=1S/C33H42F2N6O8/c1-18-30(45)41-12-6-9-27(41)33(48)49-17-24(38-28(43)23(37-19(2)42)15-20-13-21(34)16-22(35)14-20)31(46)40-11-5-8-26(40)32(47)39-10-4-3-7-25(39)29(44)36-18/h13-14,16,18,23-27H,3-12,15,17H2,1-2H3,(H,36,44)(H,37,42)(H,38,43)/t18-,23-,24-,25-,26-,27-/m0/s1. The fourth-order valence-corrected chi connectivity index (χ4v) is 7.17. The molecule has 5 rings (SSSR count). The van der Waals surface area contributed by atoms with E-state index in [0.717, 1.165) is 19.1 Å². The highest BCUT2D eigenvalue weighted by Gasteiger charge is 2.45. The molecule has 0 spiro atoms. The Morgan fingerprint density at radius 1 is 0.837 bits per heavy atom. The van der Waals surface area contributed by atoms with E-state index in [9.17, 15) is 42.3 Å². The van der Waals surface area contributed by atoms with Gasteiger partial charge in [-0.25, -0.2) is 13.6 Å². The average molecular weight is 689 g/mol. The summed E-state index contributed by atoms with van der Waals surface area (Å²) in [5.41, 5.74) is 0.0627. The van der Waals surface area contributed by atoms with Crippen molar-refractivity contribution in [1.82, 2.24) is 30.7 Å². The van der Waals surface area contributed by atoms with Crippen molar-refractivity contribution in [3.8, 4) is 0 Å². The van der Waals surface area contributed by atoms with Crippen LogP contribution >= 0.6 is 0 Å². The number of cyclic esters (lactones) is 1. The van der Waals surface area contributed by atoms with Crippen molar-refractivity contribution >= 4 is 41.4 Å². The van der Waals surface area contributed by atoms with Crippen LogP contribution in [0.25, 0.3) is 0 Å². The van der Waals surface area contributed by atoms with Crippen molar-refractivity contribution in [3.05, 3.63) is 35.4 Å². The molecule has 3 N–H and O–H groups in total. The SMILES string of the molecule is CC(=O)N[C@@H](Cc1cc(F)cc(F)c1)C(=O)N[C@H]1COC(=O)[C@@H]2CCCN2C(=O)[C@H](C)NC(=O)[C@@H]2CCCCN2C(=O)[C@@H]2CCCN2C1=O. The van der Waals surface area contributed by atoms with Gasteiger partial charge in [0, 0.05) is 39.0 Å². The third kappa shape index (κ3) is 8.16. The van der Waals surface area contributed by atoms with Gasteiger partial charge in [0.15, 0.2) is 0 Å². The molecule has 4 aliphatic heterocycles. The molecule has 6 amide bonds. The number of hydrogen-bond donors (Lipinski definition) is 3. The molecule has 0 aromatic heterocycles. The second-order valence-electron chi connectivity index (χ2n) is 13.1. The van der Waals surface area contributed by atoms with Crippen LogP contribution in [-0.2, 0) is 44.7 Å². The third-order valence-electron chi connectivity index (χ3n) is 9.51. The van der Waals surface area contributed by atoms with Crippen LogP contribution in [0.4, 0.5) is 8.78 Å². The topological polar surface area (TPSA) is 175 Å². The van der Waals surface area contributed by atoms with Gasteiger partial charge in [0.25, 0.3) is 0 Å². The monoisotopic (exact) mass is 688 g/mol. The Hall–Kier alpha value is -4.63. The fraction of sp³-hybridized carbons (Fsp3) is 0.606. The molecule has 266 valence electrons. The van der Waals surface area contributed by atoms with Crippen LogP contribution in [-0.4, -0.2) is 119 Å². The van der Waals surface area contributed by atoms with E-state index in [2.05, 4.69) is 16.0 Å². The Labute approximate surface area is 282 Å². The molecule has 6 atom stereocenters. The molecule has 4 aliphatic rings. The maximum absolute atomic E-state index is 14.2. The summed E-state index contributed by atoms with van der Waals surface area (Å²) in [7, 11) is 0. The van der Waals surface area contributed by atoms with Gasteiger partial charge in [0.2, 0.25) is 35.4 Å². The lowest BCUT2D eigenvalue weighted by atomic mass is 9.99. The first-order valence-electron chi connectivity index (χ1n) is 16.7. The van der Waals surface area contributed by atoms with Crippen molar-refractivity contribution in [1.29, 1.82) is 0 Å².